The molecule has 0 bridgehead atoms. The first-order valence-corrected chi connectivity index (χ1v) is 12.9. The first-order valence-electron chi connectivity index (χ1n) is 12.9. The number of aryl methyl sites for hydroxylation is 1. The minimum atomic E-state index is -4.50. The lowest BCUT2D eigenvalue weighted by Crippen LogP contribution is -2.44. The molecule has 0 aliphatic rings. The van der Waals surface area contributed by atoms with Gasteiger partial charge in [0, 0.05) is 18.0 Å². The van der Waals surface area contributed by atoms with E-state index in [1.807, 2.05) is 0 Å². The van der Waals surface area contributed by atoms with Crippen LogP contribution in [-0.4, -0.2) is 43.0 Å². The molecule has 1 N–H and O–H groups in total. The molecule has 2 amide bonds. The Morgan fingerprint density at radius 3 is 2.02 bits per heavy atom. The normalized spacial score (nSPS) is 12.2. The van der Waals surface area contributed by atoms with Gasteiger partial charge in [-0.15, -0.1) is 0 Å². The van der Waals surface area contributed by atoms with Crippen molar-refractivity contribution in [3.63, 3.8) is 0 Å². The molecule has 0 unspecified atom stereocenters. The maximum atomic E-state index is 13.4. The van der Waals surface area contributed by atoms with Crippen LogP contribution in [0.5, 0.6) is 0 Å². The van der Waals surface area contributed by atoms with Gasteiger partial charge < -0.3 is 14.8 Å². The second-order valence-corrected chi connectivity index (χ2v) is 11.4. The molecule has 13 heteroatoms. The summed E-state index contributed by atoms with van der Waals surface area (Å²) in [6.45, 7) is 11.6. The monoisotopic (exact) mass is 584 g/mol. The molecule has 222 valence electrons. The Hall–Kier alpha value is -4.68. The van der Waals surface area contributed by atoms with Crippen LogP contribution in [0.2, 0.25) is 0 Å². The Morgan fingerprint density at radius 1 is 0.881 bits per heavy atom. The number of anilines is 3. The predicted octanol–water partition coefficient (Wildman–Crippen LogP) is 7.54. The lowest BCUT2D eigenvalue weighted by molar-refractivity contribution is -0.137. The van der Waals surface area contributed by atoms with Crippen LogP contribution >= 0.6 is 0 Å². The standard InChI is InChI=1S/C29H31F3N6O4/c1-17-23(20-10-8-9-15-37(20)36-17)24-34-21(33-19-13-11-18(12-14-19)29(30,31)32)16-22(35-24)38(25(39)41-27(2,3)4)26(40)42-28(5,6)7/h8-16H,1-7H3,(H,33,34,35). The molecular weight excluding hydrogens is 553 g/mol. The van der Waals surface area contributed by atoms with Crippen molar-refractivity contribution < 1.29 is 32.2 Å². The maximum absolute atomic E-state index is 13.4. The van der Waals surface area contributed by atoms with Crippen molar-refractivity contribution in [2.75, 3.05) is 10.2 Å². The highest BCUT2D eigenvalue weighted by molar-refractivity contribution is 6.09. The fourth-order valence-corrected chi connectivity index (χ4v) is 3.88. The van der Waals surface area contributed by atoms with Gasteiger partial charge in [-0.1, -0.05) is 6.07 Å². The molecule has 4 aromatic rings. The number of nitrogens with one attached hydrogen (secondary N) is 1. The number of aromatic nitrogens is 4. The lowest BCUT2D eigenvalue weighted by atomic mass is 10.2. The number of halogens is 3. The van der Waals surface area contributed by atoms with Crippen molar-refractivity contribution in [2.24, 2.45) is 0 Å². The summed E-state index contributed by atoms with van der Waals surface area (Å²) >= 11 is 0. The highest BCUT2D eigenvalue weighted by Gasteiger charge is 2.35. The third kappa shape index (κ3) is 7.14. The van der Waals surface area contributed by atoms with E-state index in [1.54, 1.807) is 77.4 Å². The van der Waals surface area contributed by atoms with Gasteiger partial charge in [0.2, 0.25) is 0 Å². The first-order chi connectivity index (χ1) is 19.4. The summed E-state index contributed by atoms with van der Waals surface area (Å²) in [6.07, 6.45) is -4.85. The SMILES string of the molecule is Cc1nn2ccccc2c1-c1nc(Nc2ccc(C(F)(F)F)cc2)cc(N(C(=O)OC(C)(C)C)C(=O)OC(C)(C)C)n1. The number of carbonyl (C=O) groups is 2. The average Bonchev–Trinajstić information content (AvgIpc) is 3.17. The minimum Gasteiger partial charge on any atom is -0.443 e. The van der Waals surface area contributed by atoms with Gasteiger partial charge in [0.05, 0.1) is 22.3 Å². The van der Waals surface area contributed by atoms with Crippen LogP contribution in [-0.2, 0) is 15.7 Å². The number of rotatable bonds is 4. The van der Waals surface area contributed by atoms with Crippen LogP contribution in [0.4, 0.5) is 40.1 Å². The Morgan fingerprint density at radius 2 is 1.48 bits per heavy atom. The number of benzene rings is 1. The van der Waals surface area contributed by atoms with Crippen molar-refractivity contribution in [1.82, 2.24) is 19.6 Å². The summed E-state index contributed by atoms with van der Waals surface area (Å²) in [5.41, 5.74) is -0.757. The number of alkyl halides is 3. The van der Waals surface area contributed by atoms with Crippen molar-refractivity contribution in [2.45, 2.75) is 65.8 Å². The summed E-state index contributed by atoms with van der Waals surface area (Å²) in [6, 6.07) is 11.0. The fraction of sp³-hybridized carbons (Fsp3) is 0.345. The molecule has 3 aromatic heterocycles. The fourth-order valence-electron chi connectivity index (χ4n) is 3.88. The van der Waals surface area contributed by atoms with Crippen molar-refractivity contribution in [3.05, 3.63) is 66.0 Å². The molecule has 3 heterocycles. The molecule has 42 heavy (non-hydrogen) atoms. The smallest absolute Gasteiger partial charge is 0.425 e. The topological polar surface area (TPSA) is 111 Å². The van der Waals surface area contributed by atoms with E-state index < -0.39 is 35.1 Å². The molecule has 0 spiro atoms. The number of nitrogens with zero attached hydrogens (tertiary/aromatic N) is 5. The van der Waals surface area contributed by atoms with Crippen molar-refractivity contribution >= 4 is 35.0 Å². The molecule has 1 aromatic carbocycles. The largest absolute Gasteiger partial charge is 0.443 e. The van der Waals surface area contributed by atoms with Crippen LogP contribution in [0.3, 0.4) is 0 Å². The second kappa shape index (κ2) is 11.0. The number of carbonyl (C=O) groups excluding carboxylic acids is 2. The maximum Gasteiger partial charge on any atom is 0.425 e. The van der Waals surface area contributed by atoms with E-state index in [2.05, 4.69) is 20.4 Å². The van der Waals surface area contributed by atoms with E-state index in [9.17, 15) is 22.8 Å². The summed E-state index contributed by atoms with van der Waals surface area (Å²) in [4.78, 5) is 36.5. The number of amides is 2. The van der Waals surface area contributed by atoms with Crippen molar-refractivity contribution in [1.29, 1.82) is 0 Å². The van der Waals surface area contributed by atoms with E-state index in [0.29, 0.717) is 21.7 Å². The highest BCUT2D eigenvalue weighted by atomic mass is 19.4. The van der Waals surface area contributed by atoms with Gasteiger partial charge in [0.15, 0.2) is 11.6 Å². The third-order valence-corrected chi connectivity index (χ3v) is 5.52. The Balaban J connectivity index is 1.89. The summed E-state index contributed by atoms with van der Waals surface area (Å²) in [5.74, 6) is -0.00752. The van der Waals surface area contributed by atoms with Crippen LogP contribution < -0.4 is 10.2 Å². The van der Waals surface area contributed by atoms with Crippen LogP contribution in [0.25, 0.3) is 16.9 Å². The minimum absolute atomic E-state index is 0.0848. The Labute approximate surface area is 240 Å². The average molecular weight is 585 g/mol. The molecule has 0 fully saturated rings. The van der Waals surface area contributed by atoms with Gasteiger partial charge in [0.1, 0.15) is 17.0 Å². The van der Waals surface area contributed by atoms with Gasteiger partial charge in [0.25, 0.3) is 0 Å². The van der Waals surface area contributed by atoms with Gasteiger partial charge >= 0.3 is 18.4 Å². The molecule has 0 saturated heterocycles. The summed E-state index contributed by atoms with van der Waals surface area (Å²) < 4.78 is 52.0. The zero-order valence-electron chi connectivity index (χ0n) is 24.2. The number of hydrogen-bond donors (Lipinski definition) is 1. The van der Waals surface area contributed by atoms with Gasteiger partial charge in [-0.3, -0.25) is 0 Å². The van der Waals surface area contributed by atoms with E-state index in [1.165, 1.54) is 18.2 Å². The predicted molar refractivity (Wildman–Crippen MR) is 151 cm³/mol. The number of hydrogen-bond acceptors (Lipinski definition) is 8. The Bertz CT molecular complexity index is 1590. The molecule has 4 rings (SSSR count). The van der Waals surface area contributed by atoms with Gasteiger partial charge in [-0.05, 0) is 84.9 Å². The van der Waals surface area contributed by atoms with Crippen LogP contribution in [0.15, 0.2) is 54.7 Å². The Kier molecular flexibility index (Phi) is 7.90. The van der Waals surface area contributed by atoms with E-state index in [0.717, 1.165) is 12.1 Å². The summed E-state index contributed by atoms with van der Waals surface area (Å²) in [5, 5.41) is 7.44. The second-order valence-electron chi connectivity index (χ2n) is 11.4. The molecule has 0 aliphatic carbocycles. The third-order valence-electron chi connectivity index (χ3n) is 5.52. The highest BCUT2D eigenvalue weighted by Crippen LogP contribution is 2.33. The molecular formula is C29H31F3N6O4. The summed E-state index contributed by atoms with van der Waals surface area (Å²) in [7, 11) is 0. The number of fused-ring (bicyclic) bond motifs is 1. The van der Waals surface area contributed by atoms with Crippen molar-refractivity contribution in [3.8, 4) is 11.4 Å². The van der Waals surface area contributed by atoms with Crippen LogP contribution in [0.1, 0.15) is 52.8 Å². The number of ether oxygens (including phenoxy) is 2. The molecule has 0 aliphatic heterocycles. The van der Waals surface area contributed by atoms with Gasteiger partial charge in [-0.2, -0.15) is 23.2 Å². The lowest BCUT2D eigenvalue weighted by Gasteiger charge is -2.28. The van der Waals surface area contributed by atoms with E-state index >= 15 is 0 Å². The molecule has 10 nitrogen and oxygen atoms in total. The number of imide groups is 1. The number of pyridine rings is 1. The first kappa shape index (κ1) is 30.3. The van der Waals surface area contributed by atoms with Crippen LogP contribution in [0, 0.1) is 6.92 Å². The molecule has 0 atom stereocenters. The molecule has 0 saturated carbocycles. The quantitative estimate of drug-likeness (QED) is 0.262. The zero-order chi connectivity index (χ0) is 31.0. The van der Waals surface area contributed by atoms with E-state index in [-0.39, 0.29) is 23.1 Å². The molecule has 0 radical (unpaired) electrons. The van der Waals surface area contributed by atoms with Gasteiger partial charge in [-0.25, -0.2) is 24.1 Å². The van der Waals surface area contributed by atoms with E-state index in [4.69, 9.17) is 9.47 Å². The zero-order valence-corrected chi connectivity index (χ0v) is 24.2.